The van der Waals surface area contributed by atoms with Gasteiger partial charge < -0.3 is 15.4 Å². The van der Waals surface area contributed by atoms with Gasteiger partial charge in [-0.3, -0.25) is 0 Å². The average Bonchev–Trinajstić information content (AvgIpc) is 2.53. The van der Waals surface area contributed by atoms with Crippen molar-refractivity contribution in [3.63, 3.8) is 0 Å². The largest absolute Gasteiger partial charge is 0.481 e. The van der Waals surface area contributed by atoms with Crippen molar-refractivity contribution in [3.05, 3.63) is 48.2 Å². The van der Waals surface area contributed by atoms with Gasteiger partial charge in [-0.05, 0) is 23.8 Å². The van der Waals surface area contributed by atoms with Gasteiger partial charge in [-0.1, -0.05) is 12.1 Å². The number of ether oxygens (including phenoxy) is 1. The highest BCUT2D eigenvalue weighted by Gasteiger charge is 2.07. The van der Waals surface area contributed by atoms with E-state index in [0.29, 0.717) is 11.6 Å². The lowest BCUT2D eigenvalue weighted by atomic mass is 10.2. The van der Waals surface area contributed by atoms with Crippen LogP contribution in [-0.2, 0) is 16.4 Å². The number of benzene rings is 1. The molecule has 1 aromatic carbocycles. The van der Waals surface area contributed by atoms with Crippen LogP contribution in [0, 0.1) is 0 Å². The lowest BCUT2D eigenvalue weighted by Gasteiger charge is -2.08. The molecule has 2 rings (SSSR count). The number of hydrogen-bond donors (Lipinski definition) is 2. The fourth-order valence-electron chi connectivity index (χ4n) is 1.79. The van der Waals surface area contributed by atoms with E-state index in [1.54, 1.807) is 24.3 Å². The molecule has 0 aliphatic carbocycles. The molecule has 0 spiro atoms. The Morgan fingerprint density at radius 3 is 2.39 bits per heavy atom. The van der Waals surface area contributed by atoms with Gasteiger partial charge in [0.25, 0.3) is 0 Å². The number of carbonyl (C=O) groups is 1. The molecular weight excluding hydrogens is 318 g/mol. The molecule has 0 fully saturated rings. The molecular formula is C15H17N3O4S. The zero-order valence-corrected chi connectivity index (χ0v) is 13.6. The van der Waals surface area contributed by atoms with Crippen LogP contribution in [0.1, 0.15) is 5.56 Å². The fraction of sp³-hybridized carbons (Fsp3) is 0.200. The number of carbonyl (C=O) groups excluding carboxylic acids is 1. The van der Waals surface area contributed by atoms with Crippen molar-refractivity contribution in [2.45, 2.75) is 11.4 Å². The van der Waals surface area contributed by atoms with Gasteiger partial charge in [0.1, 0.15) is 0 Å². The maximum atomic E-state index is 11.8. The monoisotopic (exact) mass is 335 g/mol. The molecule has 0 aliphatic heterocycles. The summed E-state index contributed by atoms with van der Waals surface area (Å²) >= 11 is 0. The highest BCUT2D eigenvalue weighted by Crippen LogP contribution is 2.12. The van der Waals surface area contributed by atoms with Crippen LogP contribution in [0.15, 0.2) is 47.5 Å². The number of aromatic nitrogens is 1. The molecule has 2 aromatic rings. The van der Waals surface area contributed by atoms with Crippen LogP contribution in [0.3, 0.4) is 0 Å². The van der Waals surface area contributed by atoms with Crippen molar-refractivity contribution in [2.24, 2.45) is 0 Å². The number of hydrogen-bond acceptors (Lipinski definition) is 5. The summed E-state index contributed by atoms with van der Waals surface area (Å²) in [6.45, 7) is 0.277. The standard InChI is InChI=1S/C15H17N3O4S/c1-22-14-8-5-12(10-16-14)18-15(19)17-9-11-3-6-13(7-4-11)23(2,20)21/h3-8,10H,9H2,1-2H3,(H2,17,18,19). The Balaban J connectivity index is 1.88. The molecule has 0 saturated carbocycles. The Morgan fingerprint density at radius 2 is 1.87 bits per heavy atom. The third kappa shape index (κ3) is 4.96. The van der Waals surface area contributed by atoms with E-state index >= 15 is 0 Å². The molecule has 2 N–H and O–H groups in total. The second kappa shape index (κ2) is 7.10. The molecule has 1 aromatic heterocycles. The quantitative estimate of drug-likeness (QED) is 0.868. The summed E-state index contributed by atoms with van der Waals surface area (Å²) in [5.41, 5.74) is 1.33. The van der Waals surface area contributed by atoms with Crippen molar-refractivity contribution in [2.75, 3.05) is 18.7 Å². The van der Waals surface area contributed by atoms with Crippen LogP contribution in [0.2, 0.25) is 0 Å². The predicted molar refractivity (Wildman–Crippen MR) is 86.2 cm³/mol. The molecule has 0 atom stereocenters. The second-order valence-corrected chi connectivity index (χ2v) is 6.83. The van der Waals surface area contributed by atoms with Gasteiger partial charge in [-0.15, -0.1) is 0 Å². The van der Waals surface area contributed by atoms with Crippen molar-refractivity contribution in [1.82, 2.24) is 10.3 Å². The number of pyridine rings is 1. The number of amides is 2. The average molecular weight is 335 g/mol. The second-order valence-electron chi connectivity index (χ2n) is 4.81. The number of nitrogens with zero attached hydrogens (tertiary/aromatic N) is 1. The van der Waals surface area contributed by atoms with Gasteiger partial charge in [0.05, 0.1) is 23.9 Å². The van der Waals surface area contributed by atoms with Gasteiger partial charge in [0, 0.05) is 18.9 Å². The van der Waals surface area contributed by atoms with Crippen LogP contribution in [0.25, 0.3) is 0 Å². The highest BCUT2D eigenvalue weighted by molar-refractivity contribution is 7.90. The zero-order chi connectivity index (χ0) is 16.9. The smallest absolute Gasteiger partial charge is 0.319 e. The summed E-state index contributed by atoms with van der Waals surface area (Å²) in [7, 11) is -1.70. The number of urea groups is 1. The number of anilines is 1. The third-order valence-corrected chi connectivity index (χ3v) is 4.14. The van der Waals surface area contributed by atoms with Crippen molar-refractivity contribution in [3.8, 4) is 5.88 Å². The van der Waals surface area contributed by atoms with Crippen LogP contribution >= 0.6 is 0 Å². The van der Waals surface area contributed by atoms with E-state index in [2.05, 4.69) is 15.6 Å². The van der Waals surface area contributed by atoms with Gasteiger partial charge in [0.15, 0.2) is 9.84 Å². The Kier molecular flexibility index (Phi) is 5.17. The highest BCUT2D eigenvalue weighted by atomic mass is 32.2. The molecule has 1 heterocycles. The zero-order valence-electron chi connectivity index (χ0n) is 12.7. The minimum absolute atomic E-state index is 0.245. The molecule has 23 heavy (non-hydrogen) atoms. The van der Waals surface area contributed by atoms with E-state index in [9.17, 15) is 13.2 Å². The van der Waals surface area contributed by atoms with Crippen LogP contribution < -0.4 is 15.4 Å². The molecule has 8 heteroatoms. The van der Waals surface area contributed by atoms with Crippen LogP contribution in [-0.4, -0.2) is 32.8 Å². The van der Waals surface area contributed by atoms with Crippen LogP contribution in [0.5, 0.6) is 5.88 Å². The third-order valence-electron chi connectivity index (χ3n) is 3.01. The van der Waals surface area contributed by atoms with Gasteiger partial charge in [-0.2, -0.15) is 0 Å². The number of sulfone groups is 1. The van der Waals surface area contributed by atoms with Gasteiger partial charge in [-0.25, -0.2) is 18.2 Å². The van der Waals surface area contributed by atoms with Gasteiger partial charge in [0.2, 0.25) is 5.88 Å². The van der Waals surface area contributed by atoms with E-state index in [1.165, 1.54) is 25.4 Å². The molecule has 0 radical (unpaired) electrons. The first-order valence-corrected chi connectivity index (χ1v) is 8.61. The first kappa shape index (κ1) is 16.8. The van der Waals surface area contributed by atoms with E-state index in [-0.39, 0.29) is 17.5 Å². The Bertz CT molecular complexity index is 771. The topological polar surface area (TPSA) is 97.4 Å². The van der Waals surface area contributed by atoms with E-state index in [0.717, 1.165) is 11.8 Å². The summed E-state index contributed by atoms with van der Waals surface area (Å²) in [5, 5.41) is 5.31. The number of rotatable bonds is 5. The molecule has 0 aliphatic rings. The normalized spacial score (nSPS) is 10.9. The van der Waals surface area contributed by atoms with Crippen molar-refractivity contribution < 1.29 is 17.9 Å². The summed E-state index contributed by atoms with van der Waals surface area (Å²) in [5.74, 6) is 0.460. The van der Waals surface area contributed by atoms with E-state index < -0.39 is 9.84 Å². The van der Waals surface area contributed by atoms with Crippen molar-refractivity contribution >= 4 is 21.6 Å². The minimum Gasteiger partial charge on any atom is -0.481 e. The molecule has 2 amide bonds. The Morgan fingerprint density at radius 1 is 1.17 bits per heavy atom. The molecule has 0 saturated heterocycles. The first-order valence-electron chi connectivity index (χ1n) is 6.72. The van der Waals surface area contributed by atoms with Crippen LogP contribution in [0.4, 0.5) is 10.5 Å². The lowest BCUT2D eigenvalue weighted by molar-refractivity contribution is 0.251. The number of methoxy groups -OCH3 is 1. The molecule has 7 nitrogen and oxygen atoms in total. The van der Waals surface area contributed by atoms with Gasteiger partial charge >= 0.3 is 6.03 Å². The summed E-state index contributed by atoms with van der Waals surface area (Å²) in [6, 6.07) is 9.27. The van der Waals surface area contributed by atoms with E-state index in [1.807, 2.05) is 0 Å². The molecule has 122 valence electrons. The Hall–Kier alpha value is -2.61. The molecule has 0 bridgehead atoms. The maximum absolute atomic E-state index is 11.8. The summed E-state index contributed by atoms with van der Waals surface area (Å²) < 4.78 is 27.7. The minimum atomic E-state index is -3.21. The summed E-state index contributed by atoms with van der Waals surface area (Å²) in [6.07, 6.45) is 2.63. The fourth-order valence-corrected chi connectivity index (χ4v) is 2.42. The maximum Gasteiger partial charge on any atom is 0.319 e. The lowest BCUT2D eigenvalue weighted by Crippen LogP contribution is -2.28. The predicted octanol–water partition coefficient (Wildman–Crippen LogP) is 1.82. The summed E-state index contributed by atoms with van der Waals surface area (Å²) in [4.78, 5) is 16.0. The van der Waals surface area contributed by atoms with E-state index in [4.69, 9.17) is 4.74 Å². The SMILES string of the molecule is COc1ccc(NC(=O)NCc2ccc(S(C)(=O)=O)cc2)cn1. The number of nitrogens with one attached hydrogen (secondary N) is 2. The Labute approximate surface area is 134 Å². The van der Waals surface area contributed by atoms with Crippen molar-refractivity contribution in [1.29, 1.82) is 0 Å². The first-order chi connectivity index (χ1) is 10.9. The molecule has 0 unspecified atom stereocenters.